The Balaban J connectivity index is 2.46. The van der Waals surface area contributed by atoms with E-state index >= 15 is 0 Å². The molecule has 166 valence electrons. The number of hydrogen-bond donors (Lipinski definition) is 2. The molecule has 2 aromatic carbocycles. The lowest BCUT2D eigenvalue weighted by atomic mass is 10.1. The van der Waals surface area contributed by atoms with E-state index in [9.17, 15) is 22.7 Å². The van der Waals surface area contributed by atoms with Crippen LogP contribution in [0.15, 0.2) is 47.4 Å². The zero-order valence-corrected chi connectivity index (χ0v) is 17.9. The minimum Gasteiger partial charge on any atom is -0.481 e. The third kappa shape index (κ3) is 5.95. The fourth-order valence-electron chi connectivity index (χ4n) is 2.70. The van der Waals surface area contributed by atoms with Crippen molar-refractivity contribution in [3.63, 3.8) is 0 Å². The average molecular weight is 450 g/mol. The highest BCUT2D eigenvalue weighted by Gasteiger charge is 2.37. The average Bonchev–Trinajstić information content (AvgIpc) is 2.76. The summed E-state index contributed by atoms with van der Waals surface area (Å²) in [6, 6.07) is 7.37. The van der Waals surface area contributed by atoms with Crippen LogP contribution in [0.25, 0.3) is 0 Å². The Kier molecular flexibility index (Phi) is 8.38. The summed E-state index contributed by atoms with van der Waals surface area (Å²) in [5.74, 6) is 4.19. The van der Waals surface area contributed by atoms with Gasteiger partial charge in [0.25, 0.3) is 0 Å². The quantitative estimate of drug-likeness (QED) is 0.338. The highest BCUT2D eigenvalue weighted by atomic mass is 32.2. The molecule has 0 amide bonds. The number of carbonyl (C=O) groups excluding carboxylic acids is 1. The molecule has 0 fully saturated rings. The predicted molar refractivity (Wildman–Crippen MR) is 112 cm³/mol. The SMILES string of the molecule is CC#CCOc1ccc(S(=O)(=O)N(Cc2cc(F)ccc2N)C(CO)C(=O)OC)cc1. The second-order valence-corrected chi connectivity index (χ2v) is 8.19. The first-order valence-corrected chi connectivity index (χ1v) is 10.6. The molecule has 10 heteroatoms. The Morgan fingerprint density at radius 3 is 2.52 bits per heavy atom. The number of benzene rings is 2. The number of rotatable bonds is 9. The lowest BCUT2D eigenvalue weighted by molar-refractivity contribution is -0.146. The molecule has 0 radical (unpaired) electrons. The summed E-state index contributed by atoms with van der Waals surface area (Å²) in [5, 5.41) is 9.73. The molecule has 3 N–H and O–H groups in total. The van der Waals surface area contributed by atoms with Crippen molar-refractivity contribution in [3.8, 4) is 17.6 Å². The Morgan fingerprint density at radius 1 is 1.26 bits per heavy atom. The summed E-state index contributed by atoms with van der Waals surface area (Å²) in [7, 11) is -3.26. The second kappa shape index (κ2) is 10.8. The van der Waals surface area contributed by atoms with Gasteiger partial charge in [0.1, 0.15) is 24.2 Å². The van der Waals surface area contributed by atoms with Crippen LogP contribution in [-0.4, -0.2) is 50.2 Å². The van der Waals surface area contributed by atoms with E-state index < -0.39 is 41.0 Å². The first-order chi connectivity index (χ1) is 14.7. The van der Waals surface area contributed by atoms with Crippen LogP contribution in [0.1, 0.15) is 12.5 Å². The number of methoxy groups -OCH3 is 1. The standard InChI is InChI=1S/C21H23FN2O6S/c1-3-4-11-30-17-6-8-18(9-7-17)31(27,28)24(20(14-25)21(26)29-2)13-15-12-16(22)5-10-19(15)23/h5-10,12,20,25H,11,13-14,23H2,1-2H3. The molecule has 8 nitrogen and oxygen atoms in total. The van der Waals surface area contributed by atoms with Crippen molar-refractivity contribution in [2.24, 2.45) is 0 Å². The maximum atomic E-state index is 13.7. The zero-order chi connectivity index (χ0) is 23.0. The van der Waals surface area contributed by atoms with Gasteiger partial charge in [-0.3, -0.25) is 4.79 Å². The molecule has 0 aromatic heterocycles. The van der Waals surface area contributed by atoms with Gasteiger partial charge in [-0.25, -0.2) is 12.8 Å². The van der Waals surface area contributed by atoms with Crippen molar-refractivity contribution < 1.29 is 32.2 Å². The highest BCUT2D eigenvalue weighted by molar-refractivity contribution is 7.89. The van der Waals surface area contributed by atoms with E-state index in [1.54, 1.807) is 6.92 Å². The molecular formula is C21H23FN2O6S. The van der Waals surface area contributed by atoms with Gasteiger partial charge in [0, 0.05) is 12.2 Å². The number of nitrogens with zero attached hydrogens (tertiary/aromatic N) is 1. The Bertz CT molecular complexity index is 1080. The van der Waals surface area contributed by atoms with Crippen molar-refractivity contribution in [1.82, 2.24) is 4.31 Å². The van der Waals surface area contributed by atoms with Gasteiger partial charge in [0.15, 0.2) is 0 Å². The number of nitrogens with two attached hydrogens (primary N) is 1. The summed E-state index contributed by atoms with van der Waals surface area (Å²) in [6.45, 7) is 0.495. The maximum absolute atomic E-state index is 13.7. The number of nitrogen functional groups attached to an aromatic ring is 1. The monoisotopic (exact) mass is 450 g/mol. The van der Waals surface area contributed by atoms with Gasteiger partial charge in [-0.2, -0.15) is 4.31 Å². The van der Waals surface area contributed by atoms with E-state index in [1.165, 1.54) is 30.3 Å². The third-order valence-electron chi connectivity index (χ3n) is 4.34. The Morgan fingerprint density at radius 2 is 1.94 bits per heavy atom. The summed E-state index contributed by atoms with van der Waals surface area (Å²) in [4.78, 5) is 12.0. The zero-order valence-electron chi connectivity index (χ0n) is 17.0. The first kappa shape index (κ1) is 24.1. The van der Waals surface area contributed by atoms with Gasteiger partial charge in [0.05, 0.1) is 18.6 Å². The Hall–Kier alpha value is -3.13. The van der Waals surface area contributed by atoms with Crippen molar-refractivity contribution in [1.29, 1.82) is 0 Å². The normalized spacial score (nSPS) is 12.0. The minimum absolute atomic E-state index is 0.129. The highest BCUT2D eigenvalue weighted by Crippen LogP contribution is 2.26. The second-order valence-electron chi connectivity index (χ2n) is 6.30. The lowest BCUT2D eigenvalue weighted by Crippen LogP contribution is -2.47. The topological polar surface area (TPSA) is 119 Å². The molecule has 0 spiro atoms. The molecule has 2 aromatic rings. The number of aliphatic hydroxyl groups is 1. The first-order valence-electron chi connectivity index (χ1n) is 9.11. The van der Waals surface area contributed by atoms with Crippen LogP contribution in [0.5, 0.6) is 5.75 Å². The van der Waals surface area contributed by atoms with Crippen LogP contribution in [0.4, 0.5) is 10.1 Å². The van der Waals surface area contributed by atoms with Crippen molar-refractivity contribution in [3.05, 3.63) is 53.8 Å². The minimum atomic E-state index is -4.33. The van der Waals surface area contributed by atoms with Crippen molar-refractivity contribution in [2.45, 2.75) is 24.4 Å². The van der Waals surface area contributed by atoms with Gasteiger partial charge < -0.3 is 20.3 Å². The number of sulfonamides is 1. The van der Waals surface area contributed by atoms with Crippen LogP contribution >= 0.6 is 0 Å². The number of carbonyl (C=O) groups is 1. The van der Waals surface area contributed by atoms with Crippen LogP contribution in [0.2, 0.25) is 0 Å². The van der Waals surface area contributed by atoms with E-state index in [0.717, 1.165) is 23.5 Å². The van der Waals surface area contributed by atoms with E-state index in [4.69, 9.17) is 10.5 Å². The fraction of sp³-hybridized carbons (Fsp3) is 0.286. The van der Waals surface area contributed by atoms with Crippen LogP contribution < -0.4 is 10.5 Å². The predicted octanol–water partition coefficient (Wildman–Crippen LogP) is 1.53. The number of hydrogen-bond acceptors (Lipinski definition) is 7. The van der Waals surface area contributed by atoms with Crippen LogP contribution in [-0.2, 0) is 26.1 Å². The molecule has 1 unspecified atom stereocenters. The van der Waals surface area contributed by atoms with E-state index in [2.05, 4.69) is 16.6 Å². The van der Waals surface area contributed by atoms with Gasteiger partial charge >= 0.3 is 5.97 Å². The van der Waals surface area contributed by atoms with Crippen molar-refractivity contribution in [2.75, 3.05) is 26.1 Å². The number of halogens is 1. The largest absolute Gasteiger partial charge is 0.481 e. The molecule has 31 heavy (non-hydrogen) atoms. The molecular weight excluding hydrogens is 427 g/mol. The molecule has 0 saturated heterocycles. The summed E-state index contributed by atoms with van der Waals surface area (Å²) in [6.07, 6.45) is 0. The van der Waals surface area contributed by atoms with E-state index in [1.807, 2.05) is 0 Å². The number of anilines is 1. The summed E-state index contributed by atoms with van der Waals surface area (Å²) in [5.41, 5.74) is 6.11. The molecule has 0 heterocycles. The number of esters is 1. The number of aliphatic hydroxyl groups excluding tert-OH is 1. The Labute approximate surface area is 180 Å². The van der Waals surface area contributed by atoms with Gasteiger partial charge in [0.2, 0.25) is 10.0 Å². The number of ether oxygens (including phenoxy) is 2. The molecule has 0 bridgehead atoms. The van der Waals surface area contributed by atoms with Crippen LogP contribution in [0.3, 0.4) is 0 Å². The third-order valence-corrected chi connectivity index (χ3v) is 6.21. The molecule has 0 saturated carbocycles. The summed E-state index contributed by atoms with van der Waals surface area (Å²) < 4.78 is 51.1. The van der Waals surface area contributed by atoms with Crippen LogP contribution in [0, 0.1) is 17.7 Å². The fourth-order valence-corrected chi connectivity index (χ4v) is 4.24. The molecule has 1 atom stereocenters. The van der Waals surface area contributed by atoms with E-state index in [0.29, 0.717) is 5.75 Å². The van der Waals surface area contributed by atoms with Crippen molar-refractivity contribution >= 4 is 21.7 Å². The van der Waals surface area contributed by atoms with E-state index in [-0.39, 0.29) is 22.8 Å². The summed E-state index contributed by atoms with van der Waals surface area (Å²) >= 11 is 0. The molecule has 0 aliphatic rings. The molecule has 2 rings (SSSR count). The maximum Gasteiger partial charge on any atom is 0.326 e. The van der Waals surface area contributed by atoms with Gasteiger partial charge in [-0.15, -0.1) is 5.92 Å². The molecule has 0 aliphatic carbocycles. The van der Waals surface area contributed by atoms with Gasteiger partial charge in [-0.05, 0) is 55.0 Å². The van der Waals surface area contributed by atoms with Gasteiger partial charge in [-0.1, -0.05) is 5.92 Å². The smallest absolute Gasteiger partial charge is 0.326 e. The lowest BCUT2D eigenvalue weighted by Gasteiger charge is -2.28. The molecule has 0 aliphatic heterocycles.